The third-order valence-corrected chi connectivity index (χ3v) is 1.70. The predicted molar refractivity (Wildman–Crippen MR) is 36.6 cm³/mol. The van der Waals surface area contributed by atoms with Crippen LogP contribution in [0.2, 0.25) is 0 Å². The average molecular weight is 155 g/mol. The van der Waals surface area contributed by atoms with Crippen LogP contribution in [0.3, 0.4) is 0 Å². The lowest BCUT2D eigenvalue weighted by molar-refractivity contribution is -0.121. The maximum Gasteiger partial charge on any atom is 0.261 e. The second-order valence-electron chi connectivity index (χ2n) is 2.62. The molecule has 1 rings (SSSR count). The number of ether oxygens (including phenoxy) is 1. The van der Waals surface area contributed by atoms with E-state index in [0.29, 0.717) is 13.0 Å². The number of isocyanates is 1. The van der Waals surface area contributed by atoms with Crippen molar-refractivity contribution in [2.24, 2.45) is 10.9 Å². The highest BCUT2D eigenvalue weighted by Gasteiger charge is 2.27. The van der Waals surface area contributed by atoms with Crippen LogP contribution in [0.5, 0.6) is 0 Å². The van der Waals surface area contributed by atoms with Crippen molar-refractivity contribution in [2.75, 3.05) is 6.61 Å². The Balaban J connectivity index is 2.49. The van der Waals surface area contributed by atoms with Crippen molar-refractivity contribution in [1.82, 2.24) is 0 Å². The highest BCUT2D eigenvalue weighted by molar-refractivity contribution is 5.83. The first-order chi connectivity index (χ1) is 5.24. The fourth-order valence-electron chi connectivity index (χ4n) is 1.13. The van der Waals surface area contributed by atoms with Crippen LogP contribution in [-0.4, -0.2) is 24.7 Å². The third kappa shape index (κ3) is 1.97. The van der Waals surface area contributed by atoms with Crippen LogP contribution in [0.25, 0.3) is 0 Å². The van der Waals surface area contributed by atoms with Crippen LogP contribution in [0.1, 0.15) is 13.3 Å². The van der Waals surface area contributed by atoms with Gasteiger partial charge in [-0.2, -0.15) is 0 Å². The summed E-state index contributed by atoms with van der Waals surface area (Å²) in [4.78, 5) is 23.6. The van der Waals surface area contributed by atoms with E-state index in [1.165, 1.54) is 6.08 Å². The van der Waals surface area contributed by atoms with Gasteiger partial charge in [0.25, 0.3) is 5.91 Å². The van der Waals surface area contributed by atoms with Crippen molar-refractivity contribution in [3.8, 4) is 0 Å². The summed E-state index contributed by atoms with van der Waals surface area (Å²) in [6, 6.07) is 0. The number of hydrogen-bond donors (Lipinski definition) is 0. The van der Waals surface area contributed by atoms with Gasteiger partial charge in [-0.3, -0.25) is 4.79 Å². The van der Waals surface area contributed by atoms with Gasteiger partial charge < -0.3 is 4.74 Å². The first kappa shape index (κ1) is 8.11. The molecule has 0 aromatic heterocycles. The Bertz CT molecular complexity index is 208. The van der Waals surface area contributed by atoms with Gasteiger partial charge in [-0.1, -0.05) is 0 Å². The van der Waals surface area contributed by atoms with Crippen molar-refractivity contribution >= 4 is 12.0 Å². The third-order valence-electron chi connectivity index (χ3n) is 1.70. The molecule has 0 saturated carbocycles. The molecule has 2 atom stereocenters. The number of aliphatic imine (C=N–C) groups is 1. The van der Waals surface area contributed by atoms with Gasteiger partial charge in [-0.05, 0) is 13.3 Å². The van der Waals surface area contributed by atoms with Gasteiger partial charge >= 0.3 is 0 Å². The van der Waals surface area contributed by atoms with E-state index >= 15 is 0 Å². The number of nitrogens with zero attached hydrogens (tertiary/aromatic N) is 1. The standard InChI is InChI=1S/C7H9NO3/c1-5-2-6(3-11-5)7(10)8-4-9/h5-6H,2-3H2,1H3. The number of carbonyl (C=O) groups is 1. The SMILES string of the molecule is CC1CC(C(=O)N=C=O)CO1. The zero-order chi connectivity index (χ0) is 8.27. The van der Waals surface area contributed by atoms with Crippen molar-refractivity contribution in [2.45, 2.75) is 19.4 Å². The fourth-order valence-corrected chi connectivity index (χ4v) is 1.13. The summed E-state index contributed by atoms with van der Waals surface area (Å²) in [6.45, 7) is 2.27. The lowest BCUT2D eigenvalue weighted by Crippen LogP contribution is -2.11. The van der Waals surface area contributed by atoms with E-state index in [4.69, 9.17) is 4.74 Å². The van der Waals surface area contributed by atoms with Crippen LogP contribution in [-0.2, 0) is 14.3 Å². The Morgan fingerprint density at radius 2 is 2.45 bits per heavy atom. The van der Waals surface area contributed by atoms with E-state index < -0.39 is 5.91 Å². The van der Waals surface area contributed by atoms with Gasteiger partial charge in [0.1, 0.15) is 0 Å². The molecule has 11 heavy (non-hydrogen) atoms. The molecule has 0 aromatic carbocycles. The molecule has 1 aliphatic rings. The fraction of sp³-hybridized carbons (Fsp3) is 0.714. The molecule has 0 N–H and O–H groups in total. The van der Waals surface area contributed by atoms with Crippen LogP contribution in [0, 0.1) is 5.92 Å². The quantitative estimate of drug-likeness (QED) is 0.403. The largest absolute Gasteiger partial charge is 0.378 e. The topological polar surface area (TPSA) is 55.7 Å². The molecule has 0 radical (unpaired) electrons. The lowest BCUT2D eigenvalue weighted by atomic mass is 10.1. The Morgan fingerprint density at radius 1 is 1.73 bits per heavy atom. The minimum Gasteiger partial charge on any atom is -0.378 e. The minimum atomic E-state index is -0.413. The summed E-state index contributed by atoms with van der Waals surface area (Å²) in [5, 5.41) is 0. The second-order valence-corrected chi connectivity index (χ2v) is 2.62. The molecular formula is C7H9NO3. The monoisotopic (exact) mass is 155 g/mol. The molecule has 4 heteroatoms. The molecule has 1 saturated heterocycles. The van der Waals surface area contributed by atoms with Gasteiger partial charge in [0.2, 0.25) is 6.08 Å². The second kappa shape index (κ2) is 3.42. The normalized spacial score (nSPS) is 29.5. The van der Waals surface area contributed by atoms with Crippen molar-refractivity contribution in [1.29, 1.82) is 0 Å². The number of hydrogen-bond acceptors (Lipinski definition) is 3. The zero-order valence-electron chi connectivity index (χ0n) is 6.24. The highest BCUT2D eigenvalue weighted by atomic mass is 16.5. The minimum absolute atomic E-state index is 0.103. The van der Waals surface area contributed by atoms with Crippen molar-refractivity contribution in [3.05, 3.63) is 0 Å². The molecule has 60 valence electrons. The van der Waals surface area contributed by atoms with E-state index in [2.05, 4.69) is 4.99 Å². The number of carbonyl (C=O) groups excluding carboxylic acids is 2. The van der Waals surface area contributed by atoms with Crippen LogP contribution in [0.15, 0.2) is 4.99 Å². The molecule has 0 bridgehead atoms. The lowest BCUT2D eigenvalue weighted by Gasteiger charge is -1.97. The Hall–Kier alpha value is -0.990. The van der Waals surface area contributed by atoms with E-state index in [1.54, 1.807) is 0 Å². The maximum atomic E-state index is 10.9. The Morgan fingerprint density at radius 3 is 2.91 bits per heavy atom. The molecule has 1 fully saturated rings. The number of amides is 1. The van der Waals surface area contributed by atoms with Crippen LogP contribution in [0.4, 0.5) is 0 Å². The molecular weight excluding hydrogens is 146 g/mol. The van der Waals surface area contributed by atoms with Crippen LogP contribution < -0.4 is 0 Å². The summed E-state index contributed by atoms with van der Waals surface area (Å²) in [5.74, 6) is -0.643. The first-order valence-corrected chi connectivity index (χ1v) is 3.47. The van der Waals surface area contributed by atoms with Gasteiger partial charge in [0, 0.05) is 0 Å². The molecule has 2 unspecified atom stereocenters. The Labute approximate surface area is 64.3 Å². The van der Waals surface area contributed by atoms with Crippen LogP contribution >= 0.6 is 0 Å². The molecule has 0 spiro atoms. The van der Waals surface area contributed by atoms with Gasteiger partial charge in [0.05, 0.1) is 18.6 Å². The summed E-state index contributed by atoms with van der Waals surface area (Å²) >= 11 is 0. The van der Waals surface area contributed by atoms with Crippen molar-refractivity contribution < 1.29 is 14.3 Å². The Kier molecular flexibility index (Phi) is 2.52. The highest BCUT2D eigenvalue weighted by Crippen LogP contribution is 2.19. The zero-order valence-corrected chi connectivity index (χ0v) is 6.24. The summed E-state index contributed by atoms with van der Waals surface area (Å²) in [7, 11) is 0. The molecule has 1 amide bonds. The average Bonchev–Trinajstić information content (AvgIpc) is 2.36. The summed E-state index contributed by atoms with van der Waals surface area (Å²) in [5.41, 5.74) is 0. The smallest absolute Gasteiger partial charge is 0.261 e. The van der Waals surface area contributed by atoms with E-state index in [-0.39, 0.29) is 12.0 Å². The molecule has 1 aliphatic heterocycles. The molecule has 1 heterocycles. The molecule has 4 nitrogen and oxygen atoms in total. The van der Waals surface area contributed by atoms with E-state index in [1.807, 2.05) is 6.92 Å². The van der Waals surface area contributed by atoms with Gasteiger partial charge in [-0.25, -0.2) is 4.79 Å². The summed E-state index contributed by atoms with van der Waals surface area (Å²) in [6.07, 6.45) is 1.99. The van der Waals surface area contributed by atoms with E-state index in [9.17, 15) is 9.59 Å². The predicted octanol–water partition coefficient (Wildman–Crippen LogP) is 0.274. The summed E-state index contributed by atoms with van der Waals surface area (Å²) < 4.78 is 5.12. The van der Waals surface area contributed by atoms with Gasteiger partial charge in [0.15, 0.2) is 0 Å². The van der Waals surface area contributed by atoms with E-state index in [0.717, 1.165) is 0 Å². The molecule has 0 aromatic rings. The maximum absolute atomic E-state index is 10.9. The molecule has 0 aliphatic carbocycles. The van der Waals surface area contributed by atoms with Crippen molar-refractivity contribution in [3.63, 3.8) is 0 Å². The van der Waals surface area contributed by atoms with Gasteiger partial charge in [-0.15, -0.1) is 4.99 Å². The first-order valence-electron chi connectivity index (χ1n) is 3.47. The number of rotatable bonds is 1.